The van der Waals surface area contributed by atoms with Crippen LogP contribution >= 0.6 is 24.0 Å². The van der Waals surface area contributed by atoms with Gasteiger partial charge in [-0.3, -0.25) is 19.1 Å². The highest BCUT2D eigenvalue weighted by Gasteiger charge is 2.42. The minimum atomic E-state index is -3.18. The van der Waals surface area contributed by atoms with Gasteiger partial charge >= 0.3 is 0 Å². The Morgan fingerprint density at radius 2 is 1.91 bits per heavy atom. The fraction of sp³-hybridized carbons (Fsp3) is 0.545. The Hall–Kier alpha value is -2.20. The largest absolute Gasteiger partial charge is 0.355 e. The zero-order chi connectivity index (χ0) is 24.8. The minimum absolute atomic E-state index is 0.0490. The lowest BCUT2D eigenvalue weighted by Gasteiger charge is -2.36. The number of rotatable bonds is 4. The lowest BCUT2D eigenvalue weighted by atomic mass is 10.0. The first-order chi connectivity index (χ1) is 16.1. The van der Waals surface area contributed by atoms with E-state index in [2.05, 4.69) is 9.80 Å². The number of aromatic nitrogens is 1. The van der Waals surface area contributed by atoms with Crippen molar-refractivity contribution in [1.29, 1.82) is 5.26 Å². The average Bonchev–Trinajstić information content (AvgIpc) is 3.28. The van der Waals surface area contributed by atoms with Crippen molar-refractivity contribution in [3.8, 4) is 6.07 Å². The van der Waals surface area contributed by atoms with Crippen LogP contribution in [0.2, 0.25) is 0 Å². The van der Waals surface area contributed by atoms with E-state index in [1.807, 2.05) is 20.0 Å². The number of sulfone groups is 1. The van der Waals surface area contributed by atoms with E-state index in [1.54, 1.807) is 17.6 Å². The number of pyridine rings is 1. The summed E-state index contributed by atoms with van der Waals surface area (Å²) in [4.78, 5) is 32.6. The van der Waals surface area contributed by atoms with Crippen molar-refractivity contribution >= 4 is 55.9 Å². The number of nitrogens with zero attached hydrogens (tertiary/aromatic N) is 5. The number of hydrogen-bond acceptors (Lipinski definition) is 9. The molecule has 0 aromatic carbocycles. The van der Waals surface area contributed by atoms with Gasteiger partial charge in [0.05, 0.1) is 22.5 Å². The molecular weight excluding hydrogens is 494 g/mol. The number of carbonyl (C=O) groups is 1. The molecule has 1 unspecified atom stereocenters. The van der Waals surface area contributed by atoms with Crippen molar-refractivity contribution in [2.24, 2.45) is 0 Å². The van der Waals surface area contributed by atoms with E-state index in [-0.39, 0.29) is 28.5 Å². The molecule has 9 nitrogen and oxygen atoms in total. The molecule has 1 aromatic rings. The molecule has 1 amide bonds. The van der Waals surface area contributed by atoms with Crippen molar-refractivity contribution in [3.05, 3.63) is 31.9 Å². The predicted molar refractivity (Wildman–Crippen MR) is 138 cm³/mol. The summed E-state index contributed by atoms with van der Waals surface area (Å²) in [7, 11) is -1.13. The standard InChI is InChI=1S/C22H27N5O4S3/c1-4-26-19(25-8-6-24(3)7-9-25)16(14(2)17(12-23)20(26)28)11-18-21(29)27(22(32)33-18)15-5-10-34(30,31)13-15/h11,15H,4-10,13H2,1-3H3. The second-order valence-electron chi connectivity index (χ2n) is 8.80. The Balaban J connectivity index is 1.82. The van der Waals surface area contributed by atoms with E-state index in [1.165, 1.54) is 4.90 Å². The number of anilines is 1. The molecule has 182 valence electrons. The van der Waals surface area contributed by atoms with Crippen molar-refractivity contribution in [3.63, 3.8) is 0 Å². The SMILES string of the molecule is CCn1c(N2CCN(C)CC2)c(C=C2SC(=S)N(C3CCS(=O)(=O)C3)C2=O)c(C)c(C#N)c1=O. The summed E-state index contributed by atoms with van der Waals surface area (Å²) in [6.45, 7) is 7.06. The number of piperazine rings is 1. The van der Waals surface area contributed by atoms with Gasteiger partial charge in [-0.05, 0) is 39.0 Å². The maximum Gasteiger partial charge on any atom is 0.270 e. The van der Waals surface area contributed by atoms with Gasteiger partial charge in [0, 0.05) is 38.3 Å². The highest BCUT2D eigenvalue weighted by atomic mass is 32.2. The Kier molecular flexibility index (Phi) is 6.92. The smallest absolute Gasteiger partial charge is 0.270 e. The molecule has 3 fully saturated rings. The van der Waals surface area contributed by atoms with Gasteiger partial charge in [-0.2, -0.15) is 5.26 Å². The Bertz CT molecular complexity index is 1290. The molecule has 1 atom stereocenters. The van der Waals surface area contributed by atoms with Crippen molar-refractivity contribution in [2.45, 2.75) is 32.9 Å². The molecule has 1 aromatic heterocycles. The lowest BCUT2D eigenvalue weighted by molar-refractivity contribution is -0.123. The average molecular weight is 522 g/mol. The van der Waals surface area contributed by atoms with Gasteiger partial charge in [-0.15, -0.1) is 0 Å². The lowest BCUT2D eigenvalue weighted by Crippen LogP contribution is -2.47. The summed E-state index contributed by atoms with van der Waals surface area (Å²) in [5.74, 6) is 0.338. The normalized spacial score (nSPS) is 24.3. The van der Waals surface area contributed by atoms with Crippen molar-refractivity contribution in [2.75, 3.05) is 49.6 Å². The minimum Gasteiger partial charge on any atom is -0.355 e. The monoisotopic (exact) mass is 521 g/mol. The number of nitriles is 1. The predicted octanol–water partition coefficient (Wildman–Crippen LogP) is 1.19. The molecule has 0 aliphatic carbocycles. The van der Waals surface area contributed by atoms with Crippen LogP contribution in [-0.2, 0) is 21.2 Å². The van der Waals surface area contributed by atoms with Crippen molar-refractivity contribution in [1.82, 2.24) is 14.4 Å². The van der Waals surface area contributed by atoms with E-state index < -0.39 is 15.9 Å². The van der Waals surface area contributed by atoms with Gasteiger partial charge in [-0.25, -0.2) is 8.42 Å². The Labute approximate surface area is 208 Å². The molecule has 3 aliphatic rings. The molecule has 3 aliphatic heterocycles. The molecule has 0 saturated carbocycles. The van der Waals surface area contributed by atoms with Gasteiger partial charge in [0.1, 0.15) is 21.8 Å². The quantitative estimate of drug-likeness (QED) is 0.427. The summed E-state index contributed by atoms with van der Waals surface area (Å²) in [6.07, 6.45) is 2.09. The van der Waals surface area contributed by atoms with Gasteiger partial charge in [-0.1, -0.05) is 24.0 Å². The summed E-state index contributed by atoms with van der Waals surface area (Å²) in [6, 6.07) is 1.58. The molecule has 4 rings (SSSR count). The molecule has 12 heteroatoms. The first-order valence-electron chi connectivity index (χ1n) is 11.2. The highest BCUT2D eigenvalue weighted by molar-refractivity contribution is 8.26. The van der Waals surface area contributed by atoms with Crippen LogP contribution in [0, 0.1) is 18.3 Å². The number of carbonyl (C=O) groups excluding carboxylic acids is 1. The van der Waals surface area contributed by atoms with E-state index >= 15 is 0 Å². The Morgan fingerprint density at radius 1 is 1.24 bits per heavy atom. The summed E-state index contributed by atoms with van der Waals surface area (Å²) in [5, 5.41) is 9.71. The van der Waals surface area contributed by atoms with Crippen LogP contribution in [0.3, 0.4) is 0 Å². The third kappa shape index (κ3) is 4.42. The van der Waals surface area contributed by atoms with E-state index in [9.17, 15) is 23.3 Å². The van der Waals surface area contributed by atoms with Gasteiger partial charge < -0.3 is 9.80 Å². The number of thiocarbonyl (C=S) groups is 1. The molecule has 0 spiro atoms. The summed E-state index contributed by atoms with van der Waals surface area (Å²) in [5.41, 5.74) is 0.905. The second kappa shape index (κ2) is 9.45. The number of amides is 1. The van der Waals surface area contributed by atoms with Gasteiger partial charge in [0.25, 0.3) is 11.5 Å². The highest BCUT2D eigenvalue weighted by Crippen LogP contribution is 2.38. The third-order valence-electron chi connectivity index (χ3n) is 6.64. The first-order valence-corrected chi connectivity index (χ1v) is 14.2. The molecule has 34 heavy (non-hydrogen) atoms. The molecule has 0 radical (unpaired) electrons. The fourth-order valence-electron chi connectivity index (χ4n) is 4.70. The number of hydrogen-bond donors (Lipinski definition) is 0. The zero-order valence-corrected chi connectivity index (χ0v) is 21.9. The number of thioether (sulfide) groups is 1. The topological polar surface area (TPSA) is 107 Å². The molecule has 0 N–H and O–H groups in total. The van der Waals surface area contributed by atoms with Crippen LogP contribution in [0.1, 0.15) is 30.0 Å². The summed E-state index contributed by atoms with van der Waals surface area (Å²) < 4.78 is 25.9. The van der Waals surface area contributed by atoms with Crippen LogP contribution in [-0.4, -0.2) is 83.8 Å². The first kappa shape index (κ1) is 24.9. The Morgan fingerprint density at radius 3 is 2.47 bits per heavy atom. The van der Waals surface area contributed by atoms with Gasteiger partial charge in [0.2, 0.25) is 0 Å². The van der Waals surface area contributed by atoms with E-state index in [0.717, 1.165) is 24.9 Å². The van der Waals surface area contributed by atoms with Crippen LogP contribution < -0.4 is 10.5 Å². The van der Waals surface area contributed by atoms with Crippen LogP contribution in [0.4, 0.5) is 5.82 Å². The maximum absolute atomic E-state index is 13.3. The van der Waals surface area contributed by atoms with Crippen LogP contribution in [0.15, 0.2) is 9.70 Å². The van der Waals surface area contributed by atoms with Gasteiger partial charge in [0.15, 0.2) is 9.84 Å². The van der Waals surface area contributed by atoms with E-state index in [0.29, 0.717) is 52.2 Å². The van der Waals surface area contributed by atoms with Crippen molar-refractivity contribution < 1.29 is 13.2 Å². The maximum atomic E-state index is 13.3. The van der Waals surface area contributed by atoms with E-state index in [4.69, 9.17) is 12.2 Å². The second-order valence-corrected chi connectivity index (χ2v) is 12.7. The summed E-state index contributed by atoms with van der Waals surface area (Å²) >= 11 is 6.59. The molecule has 0 bridgehead atoms. The number of likely N-dealkylation sites (N-methyl/N-ethyl adjacent to an activating group) is 1. The molecule has 3 saturated heterocycles. The molecular formula is C22H27N5O4S3. The fourth-order valence-corrected chi connectivity index (χ4v) is 7.78. The third-order valence-corrected chi connectivity index (χ3v) is 9.72. The zero-order valence-electron chi connectivity index (χ0n) is 19.4. The molecule has 4 heterocycles. The van der Waals surface area contributed by atoms with Crippen LogP contribution in [0.5, 0.6) is 0 Å². The van der Waals surface area contributed by atoms with Crippen LogP contribution in [0.25, 0.3) is 6.08 Å².